The average Bonchev–Trinajstić information content (AvgIpc) is 3.44. The highest BCUT2D eigenvalue weighted by molar-refractivity contribution is 5.95. The number of fused-ring (bicyclic) bond motifs is 1. The first kappa shape index (κ1) is 25.4. The maximum Gasteiger partial charge on any atom is 0.405 e. The Kier molecular flexibility index (Phi) is 7.39. The fourth-order valence-corrected chi connectivity index (χ4v) is 5.33. The number of amides is 3. The maximum absolute atomic E-state index is 13.3. The second-order valence-electron chi connectivity index (χ2n) is 10.0. The molecule has 0 unspecified atom stereocenters. The normalized spacial score (nSPS) is 18.3. The Morgan fingerprint density at radius 1 is 1.03 bits per heavy atom. The number of hydrogen-bond acceptors (Lipinski definition) is 6. The van der Waals surface area contributed by atoms with Gasteiger partial charge in [0, 0.05) is 38.8 Å². The first-order chi connectivity index (χ1) is 18.4. The minimum absolute atomic E-state index is 0.0424. The third kappa shape index (κ3) is 5.69. The van der Waals surface area contributed by atoms with Gasteiger partial charge in [0.2, 0.25) is 5.91 Å². The molecule has 5 rings (SSSR count). The fourth-order valence-electron chi connectivity index (χ4n) is 5.33. The first-order valence-corrected chi connectivity index (χ1v) is 12.9. The molecule has 38 heavy (non-hydrogen) atoms. The van der Waals surface area contributed by atoms with Gasteiger partial charge < -0.3 is 34.8 Å². The van der Waals surface area contributed by atoms with E-state index < -0.39 is 12.1 Å². The van der Waals surface area contributed by atoms with Crippen LogP contribution < -0.4 is 10.1 Å². The Hall–Kier alpha value is -4.21. The Labute approximate surface area is 222 Å². The number of nitrogens with one attached hydrogen (secondary N) is 1. The Morgan fingerprint density at radius 3 is 2.39 bits per heavy atom. The van der Waals surface area contributed by atoms with Crippen molar-refractivity contribution in [3.8, 4) is 5.75 Å². The van der Waals surface area contributed by atoms with Crippen molar-refractivity contribution < 1.29 is 24.2 Å². The number of piperidine rings is 1. The van der Waals surface area contributed by atoms with Gasteiger partial charge in [-0.1, -0.05) is 42.5 Å². The van der Waals surface area contributed by atoms with E-state index in [0.717, 1.165) is 16.8 Å². The third-order valence-corrected chi connectivity index (χ3v) is 7.30. The van der Waals surface area contributed by atoms with Crippen molar-refractivity contribution in [1.82, 2.24) is 24.9 Å². The Morgan fingerprint density at radius 2 is 1.74 bits per heavy atom. The molecule has 2 aromatic carbocycles. The molecular weight excluding hydrogens is 486 g/mol. The van der Waals surface area contributed by atoms with Crippen molar-refractivity contribution >= 4 is 17.9 Å². The zero-order valence-corrected chi connectivity index (χ0v) is 21.5. The highest BCUT2D eigenvalue weighted by atomic mass is 16.5. The number of carboxylic acid groups (broad SMARTS) is 1. The molecule has 0 aromatic heterocycles. The summed E-state index contributed by atoms with van der Waals surface area (Å²) in [5.74, 6) is 0.502. The molecule has 0 spiro atoms. The molecule has 10 heteroatoms. The van der Waals surface area contributed by atoms with Gasteiger partial charge in [-0.3, -0.25) is 9.59 Å². The number of ether oxygens (including phenoxy) is 1. The van der Waals surface area contributed by atoms with Gasteiger partial charge in [-0.25, -0.2) is 4.79 Å². The summed E-state index contributed by atoms with van der Waals surface area (Å²) in [6, 6.07) is 16.4. The predicted molar refractivity (Wildman–Crippen MR) is 140 cm³/mol. The van der Waals surface area contributed by atoms with Crippen molar-refractivity contribution in [2.75, 3.05) is 33.5 Å². The zero-order chi connectivity index (χ0) is 26.6. The summed E-state index contributed by atoms with van der Waals surface area (Å²) in [7, 11) is 1.95. The van der Waals surface area contributed by atoms with E-state index in [1.807, 2.05) is 77.6 Å². The molecule has 3 aliphatic rings. The molecule has 0 bridgehead atoms. The van der Waals surface area contributed by atoms with Crippen LogP contribution in [0.4, 0.5) is 4.79 Å². The van der Waals surface area contributed by atoms with Gasteiger partial charge in [0.1, 0.15) is 24.1 Å². The molecule has 0 radical (unpaired) electrons. The predicted octanol–water partition coefficient (Wildman–Crippen LogP) is 2.28. The number of nitrogens with zero attached hydrogens (tertiary/aromatic N) is 4. The van der Waals surface area contributed by atoms with Crippen LogP contribution in [0.5, 0.6) is 5.75 Å². The number of benzene rings is 2. The number of carbonyl (C=O) groups is 3. The van der Waals surface area contributed by atoms with Gasteiger partial charge in [0.05, 0.1) is 13.3 Å². The zero-order valence-electron chi connectivity index (χ0n) is 21.5. The molecule has 1 atom stereocenters. The summed E-state index contributed by atoms with van der Waals surface area (Å²) in [6.07, 6.45) is 2.22. The van der Waals surface area contributed by atoms with Crippen LogP contribution in [-0.4, -0.2) is 88.2 Å². The fraction of sp³-hybridized carbons (Fsp3) is 0.393. The van der Waals surface area contributed by atoms with E-state index in [1.165, 1.54) is 0 Å². The van der Waals surface area contributed by atoms with Crippen LogP contribution in [0.2, 0.25) is 0 Å². The molecular formula is C28H33N5O5. The van der Waals surface area contributed by atoms with E-state index in [0.29, 0.717) is 51.6 Å². The van der Waals surface area contributed by atoms with Crippen molar-refractivity contribution in [2.24, 2.45) is 0 Å². The molecule has 3 heterocycles. The summed E-state index contributed by atoms with van der Waals surface area (Å²) in [5.41, 5.74) is 2.63. The summed E-state index contributed by atoms with van der Waals surface area (Å²) in [4.78, 5) is 45.3. The molecule has 2 saturated heterocycles. The minimum Gasteiger partial charge on any atom is -0.489 e. The molecule has 2 fully saturated rings. The Balaban J connectivity index is 1.16. The van der Waals surface area contributed by atoms with E-state index in [9.17, 15) is 19.5 Å². The van der Waals surface area contributed by atoms with Gasteiger partial charge in [-0.2, -0.15) is 0 Å². The van der Waals surface area contributed by atoms with E-state index in [2.05, 4.69) is 10.2 Å². The lowest BCUT2D eigenvalue weighted by Crippen LogP contribution is -2.54. The second-order valence-corrected chi connectivity index (χ2v) is 10.0. The number of likely N-dealkylation sites (tertiary alicyclic amines) is 1. The van der Waals surface area contributed by atoms with Crippen LogP contribution in [0, 0.1) is 0 Å². The molecule has 10 nitrogen and oxygen atoms in total. The van der Waals surface area contributed by atoms with E-state index >= 15 is 0 Å². The maximum atomic E-state index is 13.3. The molecule has 3 aliphatic heterocycles. The van der Waals surface area contributed by atoms with Crippen LogP contribution in [0.15, 0.2) is 66.5 Å². The smallest absolute Gasteiger partial charge is 0.405 e. The van der Waals surface area contributed by atoms with E-state index in [4.69, 9.17) is 4.74 Å². The van der Waals surface area contributed by atoms with Crippen molar-refractivity contribution in [3.63, 3.8) is 0 Å². The molecule has 2 N–H and O–H groups in total. The van der Waals surface area contributed by atoms with E-state index in [1.54, 1.807) is 4.90 Å². The summed E-state index contributed by atoms with van der Waals surface area (Å²) in [6.45, 7) is 2.69. The number of carbonyl (C=O) groups excluding carboxylic acids is 2. The molecule has 3 amide bonds. The molecule has 0 aliphatic carbocycles. The lowest BCUT2D eigenvalue weighted by molar-refractivity contribution is -0.135. The van der Waals surface area contributed by atoms with Crippen molar-refractivity contribution in [3.05, 3.63) is 77.6 Å². The van der Waals surface area contributed by atoms with Crippen molar-refractivity contribution in [2.45, 2.75) is 38.0 Å². The SMILES string of the molecule is CN1C=C2C(=O)N(C3CCN(C(=O)[C@@H](Cc4ccc(OCc5ccccc5)cc4)NC(=O)O)CC3)CN2C1. The monoisotopic (exact) mass is 519 g/mol. The summed E-state index contributed by atoms with van der Waals surface area (Å²) >= 11 is 0. The van der Waals surface area contributed by atoms with Crippen LogP contribution in [-0.2, 0) is 22.6 Å². The van der Waals surface area contributed by atoms with E-state index in [-0.39, 0.29) is 24.3 Å². The molecule has 0 saturated carbocycles. The van der Waals surface area contributed by atoms with Gasteiger partial charge in [-0.05, 0) is 36.1 Å². The van der Waals surface area contributed by atoms with Gasteiger partial charge in [-0.15, -0.1) is 0 Å². The quantitative estimate of drug-likeness (QED) is 0.551. The third-order valence-electron chi connectivity index (χ3n) is 7.30. The van der Waals surface area contributed by atoms with Crippen LogP contribution >= 0.6 is 0 Å². The lowest BCUT2D eigenvalue weighted by Gasteiger charge is -2.38. The minimum atomic E-state index is -1.23. The van der Waals surface area contributed by atoms with Gasteiger partial charge in [0.25, 0.3) is 5.91 Å². The molecule has 200 valence electrons. The highest BCUT2D eigenvalue weighted by Crippen LogP contribution is 2.29. The second kappa shape index (κ2) is 11.0. The highest BCUT2D eigenvalue weighted by Gasteiger charge is 2.41. The number of rotatable bonds is 8. The lowest BCUT2D eigenvalue weighted by atomic mass is 10.00. The average molecular weight is 520 g/mol. The summed E-state index contributed by atoms with van der Waals surface area (Å²) in [5, 5.41) is 11.8. The van der Waals surface area contributed by atoms with Crippen LogP contribution in [0.25, 0.3) is 0 Å². The van der Waals surface area contributed by atoms with Crippen molar-refractivity contribution in [1.29, 1.82) is 0 Å². The summed E-state index contributed by atoms with van der Waals surface area (Å²) < 4.78 is 5.83. The van der Waals surface area contributed by atoms with Crippen LogP contribution in [0.1, 0.15) is 24.0 Å². The molecule has 2 aromatic rings. The van der Waals surface area contributed by atoms with Gasteiger partial charge in [0.15, 0.2) is 0 Å². The Bertz CT molecular complexity index is 1190. The van der Waals surface area contributed by atoms with Gasteiger partial charge >= 0.3 is 6.09 Å². The largest absolute Gasteiger partial charge is 0.489 e. The number of hydrogen-bond donors (Lipinski definition) is 2. The standard InChI is InChI=1S/C28H33N5O5/c1-30-16-25-27(35)33(19-32(25)18-30)22-11-13-31(14-12-22)26(34)24(29-28(36)37)15-20-7-9-23(10-8-20)38-17-21-5-3-2-4-6-21/h2-10,16,22,24,29H,11-15,17-19H2,1H3,(H,36,37)/t24-/m1/s1. The van der Waals surface area contributed by atoms with Crippen LogP contribution in [0.3, 0.4) is 0 Å². The first-order valence-electron chi connectivity index (χ1n) is 12.9. The topological polar surface area (TPSA) is 106 Å².